The molecule has 0 aromatic heterocycles. The number of quaternary nitrogens is 1. The second-order valence-electron chi connectivity index (χ2n) is 9.78. The molecular formula is C27H50N+. The molecule has 28 heavy (non-hydrogen) atoms. The summed E-state index contributed by atoms with van der Waals surface area (Å²) in [5.41, 5.74) is 1.50. The van der Waals surface area contributed by atoms with Crippen molar-refractivity contribution in [2.24, 2.45) is 0 Å². The summed E-state index contributed by atoms with van der Waals surface area (Å²) in [6, 6.07) is 11.7. The summed E-state index contributed by atoms with van der Waals surface area (Å²) in [5, 5.41) is 0. The molecule has 0 spiro atoms. The highest BCUT2D eigenvalue weighted by atomic mass is 15.3. The van der Waals surface area contributed by atoms with Gasteiger partial charge in [-0.1, -0.05) is 127 Å². The maximum atomic E-state index is 2.34. The van der Waals surface area contributed by atoms with E-state index < -0.39 is 0 Å². The highest BCUT2D eigenvalue weighted by molar-refractivity contribution is 5.17. The van der Waals surface area contributed by atoms with Crippen LogP contribution in [0.5, 0.6) is 0 Å². The predicted octanol–water partition coefficient (Wildman–Crippen LogP) is 8.70. The van der Waals surface area contributed by atoms with Gasteiger partial charge in [0.2, 0.25) is 0 Å². The third-order valence-electron chi connectivity index (χ3n) is 6.20. The topological polar surface area (TPSA) is 0 Å². The molecule has 1 aromatic carbocycles. The Morgan fingerprint density at radius 3 is 1.36 bits per heavy atom. The van der Waals surface area contributed by atoms with Gasteiger partial charge >= 0.3 is 0 Å². The molecule has 1 atom stereocenters. The first-order valence-electron chi connectivity index (χ1n) is 12.4. The molecule has 0 N–H and O–H groups in total. The van der Waals surface area contributed by atoms with E-state index in [2.05, 4.69) is 58.4 Å². The van der Waals surface area contributed by atoms with Gasteiger partial charge in [0.25, 0.3) is 0 Å². The summed E-state index contributed by atoms with van der Waals surface area (Å²) in [7, 11) is 7.01. The third-order valence-corrected chi connectivity index (χ3v) is 6.20. The highest BCUT2D eigenvalue weighted by Gasteiger charge is 2.24. The minimum Gasteiger partial charge on any atom is -0.325 e. The van der Waals surface area contributed by atoms with Crippen molar-refractivity contribution in [3.63, 3.8) is 0 Å². The van der Waals surface area contributed by atoms with Crippen LogP contribution in [0.25, 0.3) is 0 Å². The second-order valence-corrected chi connectivity index (χ2v) is 9.78. The summed E-state index contributed by atoms with van der Waals surface area (Å²) >= 11 is 0. The van der Waals surface area contributed by atoms with Crippen molar-refractivity contribution in [1.29, 1.82) is 0 Å². The van der Waals surface area contributed by atoms with Crippen LogP contribution in [0.4, 0.5) is 0 Å². The maximum Gasteiger partial charge on any atom is 0.114 e. The van der Waals surface area contributed by atoms with E-state index in [1.807, 2.05) is 0 Å². The molecule has 0 aliphatic carbocycles. The Morgan fingerprint density at radius 1 is 0.571 bits per heavy atom. The van der Waals surface area contributed by atoms with Gasteiger partial charge in [0.15, 0.2) is 0 Å². The Kier molecular flexibility index (Phi) is 14.4. The van der Waals surface area contributed by atoms with Crippen molar-refractivity contribution in [3.05, 3.63) is 35.9 Å². The minimum atomic E-state index is 0.628. The standard InChI is InChI=1S/C27H50N/c1-5-6-7-8-9-10-11-12-13-14-15-16-17-18-22-25-27(28(2,3)4)26-23-20-19-21-24-26/h19-21,23-24,27H,5-18,22,25H2,1-4H3/q+1. The van der Waals surface area contributed by atoms with Crippen LogP contribution in [-0.4, -0.2) is 25.6 Å². The van der Waals surface area contributed by atoms with Crippen LogP contribution in [0.1, 0.15) is 121 Å². The van der Waals surface area contributed by atoms with Gasteiger partial charge in [-0.15, -0.1) is 0 Å². The van der Waals surface area contributed by atoms with Gasteiger partial charge in [-0.2, -0.15) is 0 Å². The van der Waals surface area contributed by atoms with E-state index in [-0.39, 0.29) is 0 Å². The van der Waals surface area contributed by atoms with Gasteiger partial charge in [0.1, 0.15) is 6.04 Å². The normalized spacial score (nSPS) is 13.0. The van der Waals surface area contributed by atoms with Gasteiger partial charge < -0.3 is 4.48 Å². The lowest BCUT2D eigenvalue weighted by Gasteiger charge is -2.34. The summed E-state index contributed by atoms with van der Waals surface area (Å²) in [6.45, 7) is 2.30. The quantitative estimate of drug-likeness (QED) is 0.174. The third kappa shape index (κ3) is 12.6. The molecule has 0 amide bonds. The van der Waals surface area contributed by atoms with Crippen LogP contribution in [0, 0.1) is 0 Å². The molecule has 1 rings (SSSR count). The minimum absolute atomic E-state index is 0.628. The Labute approximate surface area is 177 Å². The van der Waals surface area contributed by atoms with Gasteiger partial charge in [0.05, 0.1) is 21.1 Å². The average Bonchev–Trinajstić information content (AvgIpc) is 2.67. The molecule has 0 heterocycles. The van der Waals surface area contributed by atoms with Crippen molar-refractivity contribution < 1.29 is 4.48 Å². The van der Waals surface area contributed by atoms with Crippen molar-refractivity contribution in [1.82, 2.24) is 0 Å². The molecule has 0 aliphatic heterocycles. The zero-order chi connectivity index (χ0) is 20.5. The number of hydrogen-bond donors (Lipinski definition) is 0. The van der Waals surface area contributed by atoms with E-state index in [1.54, 1.807) is 0 Å². The van der Waals surface area contributed by atoms with Crippen molar-refractivity contribution in [2.75, 3.05) is 21.1 Å². The number of hydrogen-bond acceptors (Lipinski definition) is 0. The monoisotopic (exact) mass is 388 g/mol. The summed E-state index contributed by atoms with van der Waals surface area (Å²) in [5.74, 6) is 0. The lowest BCUT2D eigenvalue weighted by molar-refractivity contribution is -0.902. The molecule has 1 nitrogen and oxygen atoms in total. The first-order chi connectivity index (χ1) is 13.6. The molecule has 0 fully saturated rings. The van der Waals surface area contributed by atoms with Gasteiger partial charge in [0, 0.05) is 12.0 Å². The zero-order valence-corrected chi connectivity index (χ0v) is 19.7. The van der Waals surface area contributed by atoms with Gasteiger partial charge in [-0.25, -0.2) is 0 Å². The Hall–Kier alpha value is -0.820. The summed E-state index contributed by atoms with van der Waals surface area (Å²) in [4.78, 5) is 0. The lowest BCUT2D eigenvalue weighted by Crippen LogP contribution is -2.38. The van der Waals surface area contributed by atoms with Crippen LogP contribution in [0.15, 0.2) is 30.3 Å². The van der Waals surface area contributed by atoms with E-state index in [9.17, 15) is 0 Å². The Morgan fingerprint density at radius 2 is 0.964 bits per heavy atom. The zero-order valence-electron chi connectivity index (χ0n) is 19.7. The van der Waals surface area contributed by atoms with Crippen LogP contribution in [-0.2, 0) is 0 Å². The molecule has 0 aliphatic rings. The fourth-order valence-electron chi connectivity index (χ4n) is 4.39. The molecule has 1 heteroatoms. The van der Waals surface area contributed by atoms with Crippen molar-refractivity contribution in [3.8, 4) is 0 Å². The van der Waals surface area contributed by atoms with Gasteiger partial charge in [-0.3, -0.25) is 0 Å². The van der Waals surface area contributed by atoms with E-state index in [1.165, 1.54) is 108 Å². The number of unbranched alkanes of at least 4 members (excludes halogenated alkanes) is 14. The number of benzene rings is 1. The highest BCUT2D eigenvalue weighted by Crippen LogP contribution is 2.29. The van der Waals surface area contributed by atoms with Crippen LogP contribution in [0.3, 0.4) is 0 Å². The molecule has 1 aromatic rings. The average molecular weight is 389 g/mol. The molecule has 0 saturated carbocycles. The molecule has 162 valence electrons. The fraction of sp³-hybridized carbons (Fsp3) is 0.778. The van der Waals surface area contributed by atoms with E-state index in [0.717, 1.165) is 4.48 Å². The first kappa shape index (κ1) is 25.2. The largest absolute Gasteiger partial charge is 0.325 e. The van der Waals surface area contributed by atoms with Crippen LogP contribution >= 0.6 is 0 Å². The fourth-order valence-corrected chi connectivity index (χ4v) is 4.39. The van der Waals surface area contributed by atoms with Crippen molar-refractivity contribution in [2.45, 2.75) is 116 Å². The van der Waals surface area contributed by atoms with Crippen LogP contribution < -0.4 is 0 Å². The summed E-state index contributed by atoms with van der Waals surface area (Å²) in [6.07, 6.45) is 22.9. The Balaban J connectivity index is 1.97. The second kappa shape index (κ2) is 16.0. The Bertz CT molecular complexity index is 445. The molecular weight excluding hydrogens is 338 g/mol. The van der Waals surface area contributed by atoms with Crippen molar-refractivity contribution >= 4 is 0 Å². The number of rotatable bonds is 18. The maximum absolute atomic E-state index is 2.34. The predicted molar refractivity (Wildman–Crippen MR) is 127 cm³/mol. The van der Waals surface area contributed by atoms with E-state index in [4.69, 9.17) is 0 Å². The van der Waals surface area contributed by atoms with E-state index >= 15 is 0 Å². The molecule has 0 saturated heterocycles. The lowest BCUT2D eigenvalue weighted by atomic mass is 9.97. The first-order valence-corrected chi connectivity index (χ1v) is 12.4. The molecule has 0 bridgehead atoms. The van der Waals surface area contributed by atoms with E-state index in [0.29, 0.717) is 6.04 Å². The smallest absolute Gasteiger partial charge is 0.114 e. The SMILES string of the molecule is CCCCCCCCCCCCCCCCCC(c1ccccc1)[N+](C)(C)C. The molecule has 0 radical (unpaired) electrons. The van der Waals surface area contributed by atoms with Gasteiger partial charge in [-0.05, 0) is 6.42 Å². The molecule has 1 unspecified atom stereocenters. The van der Waals surface area contributed by atoms with Crippen LogP contribution in [0.2, 0.25) is 0 Å². The summed E-state index contributed by atoms with van der Waals surface area (Å²) < 4.78 is 1.03. The number of nitrogens with zero attached hydrogens (tertiary/aromatic N) is 1.